The van der Waals surface area contributed by atoms with Gasteiger partial charge in [-0.05, 0) is 61.0 Å². The second kappa shape index (κ2) is 14.0. The lowest BCUT2D eigenvalue weighted by molar-refractivity contribution is 0.102. The van der Waals surface area contributed by atoms with Crippen molar-refractivity contribution in [3.05, 3.63) is 114 Å². The summed E-state index contributed by atoms with van der Waals surface area (Å²) in [6.45, 7) is 9.85. The van der Waals surface area contributed by atoms with Gasteiger partial charge in [0.15, 0.2) is 0 Å². The Morgan fingerprint density at radius 1 is 0.846 bits per heavy atom. The van der Waals surface area contributed by atoms with Crippen LogP contribution in [0, 0.1) is 18.3 Å². The second-order valence-corrected chi connectivity index (χ2v) is 7.89. The first-order valence-corrected chi connectivity index (χ1v) is 13.0. The van der Waals surface area contributed by atoms with Crippen LogP contribution in [0.15, 0.2) is 97.3 Å². The van der Waals surface area contributed by atoms with Crippen molar-refractivity contribution < 1.29 is 9.53 Å². The fourth-order valence-electron chi connectivity index (χ4n) is 3.82. The molecule has 0 fully saturated rings. The molecule has 39 heavy (non-hydrogen) atoms. The van der Waals surface area contributed by atoms with E-state index in [2.05, 4.69) is 21.8 Å². The lowest BCUT2D eigenvalue weighted by atomic mass is 10.1. The average Bonchev–Trinajstić information content (AvgIpc) is 3.34. The summed E-state index contributed by atoms with van der Waals surface area (Å²) >= 11 is 0. The SMILES string of the molecule is CC.CC.Cc1c(C(=O)Nc2ccccc2)cn2ncc(C#N)c(Nc3ccc(Oc4ccccc4)cc3)c12. The highest BCUT2D eigenvalue weighted by atomic mass is 16.5. The van der Waals surface area contributed by atoms with Gasteiger partial charge in [-0.1, -0.05) is 64.1 Å². The quantitative estimate of drug-likeness (QED) is 0.235. The lowest BCUT2D eigenvalue weighted by Crippen LogP contribution is -2.12. The van der Waals surface area contributed by atoms with Crippen molar-refractivity contribution in [1.29, 1.82) is 5.26 Å². The zero-order valence-corrected chi connectivity index (χ0v) is 22.9. The summed E-state index contributed by atoms with van der Waals surface area (Å²) in [5.74, 6) is 1.20. The molecule has 0 aliphatic heterocycles. The van der Waals surface area contributed by atoms with Crippen molar-refractivity contribution in [2.75, 3.05) is 10.6 Å². The molecular formula is C32H33N5O2. The Labute approximate surface area is 229 Å². The summed E-state index contributed by atoms with van der Waals surface area (Å²) in [5.41, 5.74) is 4.28. The van der Waals surface area contributed by atoms with Crippen molar-refractivity contribution in [3.8, 4) is 17.6 Å². The van der Waals surface area contributed by atoms with Gasteiger partial charge in [0.25, 0.3) is 5.91 Å². The molecular weight excluding hydrogens is 486 g/mol. The number of hydrogen-bond acceptors (Lipinski definition) is 5. The third-order valence-electron chi connectivity index (χ3n) is 5.56. The van der Waals surface area contributed by atoms with Crippen LogP contribution in [0.1, 0.15) is 49.2 Å². The molecule has 1 amide bonds. The molecule has 0 aliphatic carbocycles. The van der Waals surface area contributed by atoms with Gasteiger partial charge in [-0.2, -0.15) is 10.4 Å². The van der Waals surface area contributed by atoms with Gasteiger partial charge in [0, 0.05) is 17.6 Å². The molecule has 5 aromatic rings. The third kappa shape index (κ3) is 6.82. The van der Waals surface area contributed by atoms with Gasteiger partial charge >= 0.3 is 0 Å². The Kier molecular flexibility index (Phi) is 10.2. The first-order valence-electron chi connectivity index (χ1n) is 13.0. The monoisotopic (exact) mass is 519 g/mol. The van der Waals surface area contributed by atoms with Crippen LogP contribution in [0.3, 0.4) is 0 Å². The van der Waals surface area contributed by atoms with E-state index in [1.165, 1.54) is 6.20 Å². The number of anilines is 3. The number of nitriles is 1. The molecule has 0 aliphatic rings. The highest BCUT2D eigenvalue weighted by Gasteiger charge is 2.20. The van der Waals surface area contributed by atoms with Crippen LogP contribution in [0.25, 0.3) is 5.52 Å². The predicted octanol–water partition coefficient (Wildman–Crippen LogP) is 8.36. The van der Waals surface area contributed by atoms with Crippen LogP contribution in [0.5, 0.6) is 11.5 Å². The summed E-state index contributed by atoms with van der Waals surface area (Å²) in [7, 11) is 0. The topological polar surface area (TPSA) is 91.5 Å². The van der Waals surface area contributed by atoms with E-state index in [4.69, 9.17) is 4.74 Å². The van der Waals surface area contributed by atoms with Gasteiger partial charge in [0.2, 0.25) is 0 Å². The van der Waals surface area contributed by atoms with Gasteiger partial charge in [-0.3, -0.25) is 4.79 Å². The minimum Gasteiger partial charge on any atom is -0.457 e. The maximum Gasteiger partial charge on any atom is 0.257 e. The standard InChI is InChI=1S/C28H21N5O2.2C2H6/c1-19-25(28(34)32-21-8-4-2-5-9-21)18-33-27(19)26(20(16-29)17-30-33)31-22-12-14-24(15-13-22)35-23-10-6-3-7-11-23;2*1-2/h2-15,17-18,31H,1H3,(H,32,34);2*1-2H3. The molecule has 0 radical (unpaired) electrons. The Bertz CT molecular complexity index is 1540. The van der Waals surface area contributed by atoms with E-state index in [9.17, 15) is 10.1 Å². The molecule has 2 heterocycles. The number of aromatic nitrogens is 2. The molecule has 7 heteroatoms. The van der Waals surface area contributed by atoms with Crippen molar-refractivity contribution >= 4 is 28.5 Å². The van der Waals surface area contributed by atoms with E-state index in [-0.39, 0.29) is 5.91 Å². The van der Waals surface area contributed by atoms with E-state index in [1.807, 2.05) is 120 Å². The predicted molar refractivity (Wildman–Crippen MR) is 158 cm³/mol. The van der Waals surface area contributed by atoms with E-state index in [1.54, 1.807) is 10.7 Å². The van der Waals surface area contributed by atoms with Crippen LogP contribution in [0.2, 0.25) is 0 Å². The Balaban J connectivity index is 0.00000100. The van der Waals surface area contributed by atoms with E-state index < -0.39 is 0 Å². The van der Waals surface area contributed by atoms with Gasteiger partial charge in [0.05, 0.1) is 28.5 Å². The number of aryl methyl sites for hydroxylation is 1. The average molecular weight is 520 g/mol. The zero-order chi connectivity index (χ0) is 28.2. The number of nitrogens with zero attached hydrogens (tertiary/aromatic N) is 3. The largest absolute Gasteiger partial charge is 0.457 e. The summed E-state index contributed by atoms with van der Waals surface area (Å²) in [4.78, 5) is 13.0. The number of rotatable bonds is 6. The molecule has 7 nitrogen and oxygen atoms in total. The molecule has 0 saturated carbocycles. The highest BCUT2D eigenvalue weighted by molar-refractivity contribution is 6.07. The minimum atomic E-state index is -0.244. The Morgan fingerprint density at radius 2 is 1.44 bits per heavy atom. The molecule has 2 N–H and O–H groups in total. The molecule has 0 unspecified atom stereocenters. The van der Waals surface area contributed by atoms with Crippen molar-refractivity contribution in [3.63, 3.8) is 0 Å². The molecule has 0 bridgehead atoms. The van der Waals surface area contributed by atoms with Crippen LogP contribution >= 0.6 is 0 Å². The molecule has 0 saturated heterocycles. The fraction of sp³-hybridized carbons (Fsp3) is 0.156. The maximum atomic E-state index is 13.0. The summed E-state index contributed by atoms with van der Waals surface area (Å²) in [6.07, 6.45) is 3.16. The number of ether oxygens (including phenoxy) is 1. The first-order chi connectivity index (χ1) is 19.1. The minimum absolute atomic E-state index is 0.244. The summed E-state index contributed by atoms with van der Waals surface area (Å²) in [5, 5.41) is 20.3. The van der Waals surface area contributed by atoms with Crippen LogP contribution in [-0.2, 0) is 0 Å². The Morgan fingerprint density at radius 3 is 2.05 bits per heavy atom. The van der Waals surface area contributed by atoms with Crippen molar-refractivity contribution in [2.45, 2.75) is 34.6 Å². The number of fused-ring (bicyclic) bond motifs is 1. The van der Waals surface area contributed by atoms with Gasteiger partial charge in [-0.15, -0.1) is 0 Å². The van der Waals surface area contributed by atoms with Crippen molar-refractivity contribution in [1.82, 2.24) is 9.61 Å². The number of nitrogens with one attached hydrogen (secondary N) is 2. The van der Waals surface area contributed by atoms with Crippen LogP contribution < -0.4 is 15.4 Å². The van der Waals surface area contributed by atoms with E-state index in [0.717, 1.165) is 17.0 Å². The van der Waals surface area contributed by atoms with Crippen LogP contribution in [0.4, 0.5) is 17.1 Å². The normalized spacial score (nSPS) is 9.74. The van der Waals surface area contributed by atoms with E-state index >= 15 is 0 Å². The molecule has 3 aromatic carbocycles. The highest BCUT2D eigenvalue weighted by Crippen LogP contribution is 2.31. The Hall–Kier alpha value is -5.09. The van der Waals surface area contributed by atoms with Gasteiger partial charge in [0.1, 0.15) is 17.6 Å². The van der Waals surface area contributed by atoms with Crippen LogP contribution in [-0.4, -0.2) is 15.5 Å². The number of carbonyl (C=O) groups is 1. The zero-order valence-electron chi connectivity index (χ0n) is 22.9. The molecule has 0 atom stereocenters. The second-order valence-electron chi connectivity index (χ2n) is 7.89. The summed E-state index contributed by atoms with van der Waals surface area (Å²) < 4.78 is 7.47. The first kappa shape index (κ1) is 28.5. The van der Waals surface area contributed by atoms with E-state index in [0.29, 0.717) is 33.8 Å². The fourth-order valence-corrected chi connectivity index (χ4v) is 3.82. The molecule has 198 valence electrons. The lowest BCUT2D eigenvalue weighted by Gasteiger charge is -2.12. The van der Waals surface area contributed by atoms with Crippen molar-refractivity contribution in [2.24, 2.45) is 0 Å². The third-order valence-corrected chi connectivity index (χ3v) is 5.56. The molecule has 0 spiro atoms. The molecule has 2 aromatic heterocycles. The smallest absolute Gasteiger partial charge is 0.257 e. The number of benzene rings is 3. The number of amides is 1. The van der Waals surface area contributed by atoms with Gasteiger partial charge in [-0.25, -0.2) is 4.52 Å². The summed E-state index contributed by atoms with van der Waals surface area (Å²) in [6, 6.07) is 28.4. The molecule has 5 rings (SSSR count). The van der Waals surface area contributed by atoms with Gasteiger partial charge < -0.3 is 15.4 Å². The maximum absolute atomic E-state index is 13.0. The number of para-hydroxylation sites is 2. The number of carbonyl (C=O) groups excluding carboxylic acids is 1. The number of hydrogen-bond donors (Lipinski definition) is 2.